The highest BCUT2D eigenvalue weighted by Crippen LogP contribution is 2.31. The third-order valence-corrected chi connectivity index (χ3v) is 3.99. The third-order valence-electron chi connectivity index (χ3n) is 0.847. The molecule has 7 heavy (non-hydrogen) atoms. The maximum absolute atomic E-state index is 4.18. The summed E-state index contributed by atoms with van der Waals surface area (Å²) < 4.78 is 0. The fourth-order valence-corrected chi connectivity index (χ4v) is 1.78. The lowest BCUT2D eigenvalue weighted by Crippen LogP contribution is -1.78. The molecule has 0 saturated carbocycles. The van der Waals surface area contributed by atoms with Crippen LogP contribution in [0.2, 0.25) is 0 Å². The van der Waals surface area contributed by atoms with Crippen molar-refractivity contribution in [2.24, 2.45) is 0 Å². The van der Waals surface area contributed by atoms with E-state index < -0.39 is 0 Å². The lowest BCUT2D eigenvalue weighted by molar-refractivity contribution is 1.10. The highest BCUT2D eigenvalue weighted by atomic mass is 32.1. The molecule has 0 aliphatic carbocycles. The lowest BCUT2D eigenvalue weighted by atomic mass is 10.6. The molecule has 1 unspecified atom stereocenters. The van der Waals surface area contributed by atoms with Crippen LogP contribution in [0, 0.1) is 0 Å². The van der Waals surface area contributed by atoms with Gasteiger partial charge in [-0.25, -0.2) is 0 Å². The van der Waals surface area contributed by atoms with Gasteiger partial charge in [-0.1, -0.05) is 21.3 Å². The summed E-state index contributed by atoms with van der Waals surface area (Å²) in [5, 5.41) is 0. The van der Waals surface area contributed by atoms with Crippen molar-refractivity contribution < 1.29 is 0 Å². The summed E-state index contributed by atoms with van der Waals surface area (Å²) >= 11 is 4.18. The fourth-order valence-electron chi connectivity index (χ4n) is 0.452. The van der Waals surface area contributed by atoms with Gasteiger partial charge in [0.25, 0.3) is 0 Å². The zero-order valence-electron chi connectivity index (χ0n) is 5.02. The predicted octanol–water partition coefficient (Wildman–Crippen LogP) is 2.40. The molecule has 0 amide bonds. The van der Waals surface area contributed by atoms with Gasteiger partial charge < -0.3 is 0 Å². The normalized spacial score (nSPS) is 14.1. The minimum atomic E-state index is 0.286. The zero-order chi connectivity index (χ0) is 5.70. The molecule has 0 aliphatic rings. The summed E-state index contributed by atoms with van der Waals surface area (Å²) in [6.45, 7) is 4.52. The molecule has 0 fully saturated rings. The van der Waals surface area contributed by atoms with Crippen molar-refractivity contribution >= 4 is 20.6 Å². The Hall–Kier alpha value is 0.780. The average Bonchev–Trinajstić information content (AvgIpc) is 1.68. The van der Waals surface area contributed by atoms with Crippen LogP contribution in [0.4, 0.5) is 0 Å². The van der Waals surface area contributed by atoms with Crippen molar-refractivity contribution in [1.82, 2.24) is 0 Å². The largest absolute Gasteiger partial charge is 0.175 e. The van der Waals surface area contributed by atoms with E-state index in [2.05, 4.69) is 26.2 Å². The Kier molecular flexibility index (Phi) is 5.48. The maximum atomic E-state index is 4.18. The van der Waals surface area contributed by atoms with E-state index in [-0.39, 0.29) is 7.92 Å². The first-order chi connectivity index (χ1) is 3.31. The molecule has 0 saturated heterocycles. The van der Waals surface area contributed by atoms with Crippen LogP contribution in [0.25, 0.3) is 0 Å². The highest BCUT2D eigenvalue weighted by Gasteiger charge is 1.91. The fraction of sp³-hybridized carbons (Fsp3) is 1.00. The van der Waals surface area contributed by atoms with Gasteiger partial charge in [0.1, 0.15) is 0 Å². The smallest absolute Gasteiger partial charge is 0.0103 e. The standard InChI is InChI=1S/C5H13PS/c1-3-4-6(2)5-7/h7H,3-5H2,1-2H3. The first-order valence-corrected chi connectivity index (χ1v) is 5.39. The molecule has 0 heterocycles. The first-order valence-electron chi connectivity index (χ1n) is 2.60. The second-order valence-corrected chi connectivity index (χ2v) is 5.01. The average molecular weight is 136 g/mol. The van der Waals surface area contributed by atoms with Gasteiger partial charge in [-0.2, -0.15) is 12.6 Å². The van der Waals surface area contributed by atoms with Crippen molar-refractivity contribution in [3.8, 4) is 0 Å². The predicted molar refractivity (Wildman–Crippen MR) is 41.9 cm³/mol. The van der Waals surface area contributed by atoms with E-state index in [0.29, 0.717) is 0 Å². The van der Waals surface area contributed by atoms with Crippen LogP contribution in [0.5, 0.6) is 0 Å². The molecule has 0 aromatic heterocycles. The molecule has 0 radical (unpaired) electrons. The number of rotatable bonds is 3. The van der Waals surface area contributed by atoms with E-state index in [0.717, 1.165) is 5.49 Å². The summed E-state index contributed by atoms with van der Waals surface area (Å²) in [7, 11) is 0.286. The van der Waals surface area contributed by atoms with Crippen molar-refractivity contribution in [2.75, 3.05) is 18.3 Å². The number of thiol groups is 1. The zero-order valence-corrected chi connectivity index (χ0v) is 6.80. The van der Waals surface area contributed by atoms with E-state index in [1.54, 1.807) is 0 Å². The highest BCUT2D eigenvalue weighted by molar-refractivity contribution is 7.89. The molecular weight excluding hydrogens is 123 g/mol. The summed E-state index contributed by atoms with van der Waals surface area (Å²) in [4.78, 5) is 0. The summed E-state index contributed by atoms with van der Waals surface area (Å²) in [6, 6.07) is 0. The quantitative estimate of drug-likeness (QED) is 0.447. The van der Waals surface area contributed by atoms with Crippen LogP contribution in [-0.4, -0.2) is 18.3 Å². The van der Waals surface area contributed by atoms with Gasteiger partial charge >= 0.3 is 0 Å². The molecule has 0 N–H and O–H groups in total. The molecule has 0 bridgehead atoms. The van der Waals surface area contributed by atoms with Crippen LogP contribution < -0.4 is 0 Å². The maximum Gasteiger partial charge on any atom is 0.0103 e. The van der Waals surface area contributed by atoms with Gasteiger partial charge in [0, 0.05) is 5.49 Å². The molecule has 1 atom stereocenters. The van der Waals surface area contributed by atoms with E-state index in [1.807, 2.05) is 0 Å². The Balaban J connectivity index is 2.83. The van der Waals surface area contributed by atoms with E-state index in [1.165, 1.54) is 12.6 Å². The summed E-state index contributed by atoms with van der Waals surface area (Å²) in [6.07, 6.45) is 2.71. The number of hydrogen-bond acceptors (Lipinski definition) is 1. The van der Waals surface area contributed by atoms with Crippen LogP contribution >= 0.6 is 20.6 Å². The Morgan fingerprint density at radius 1 is 1.57 bits per heavy atom. The van der Waals surface area contributed by atoms with Crippen LogP contribution in [0.1, 0.15) is 13.3 Å². The Bertz CT molecular complexity index is 39.1. The minimum absolute atomic E-state index is 0.286. The van der Waals surface area contributed by atoms with Crippen molar-refractivity contribution in [1.29, 1.82) is 0 Å². The number of hydrogen-bond donors (Lipinski definition) is 1. The van der Waals surface area contributed by atoms with E-state index >= 15 is 0 Å². The molecule has 2 heteroatoms. The van der Waals surface area contributed by atoms with Gasteiger partial charge in [0.15, 0.2) is 0 Å². The van der Waals surface area contributed by atoms with Gasteiger partial charge in [0.2, 0.25) is 0 Å². The van der Waals surface area contributed by atoms with Crippen molar-refractivity contribution in [2.45, 2.75) is 13.3 Å². The molecule has 44 valence electrons. The molecule has 0 aliphatic heterocycles. The topological polar surface area (TPSA) is 0 Å². The van der Waals surface area contributed by atoms with Crippen molar-refractivity contribution in [3.63, 3.8) is 0 Å². The Morgan fingerprint density at radius 2 is 2.14 bits per heavy atom. The summed E-state index contributed by atoms with van der Waals surface area (Å²) in [5.74, 6) is 0. The molecular formula is C5H13PS. The SMILES string of the molecule is CCCP(C)CS. The van der Waals surface area contributed by atoms with E-state index in [4.69, 9.17) is 0 Å². The minimum Gasteiger partial charge on any atom is -0.175 e. The molecule has 0 aromatic rings. The molecule has 0 rings (SSSR count). The second kappa shape index (κ2) is 4.93. The van der Waals surface area contributed by atoms with Gasteiger partial charge in [-0.05, 0) is 12.8 Å². The van der Waals surface area contributed by atoms with Crippen LogP contribution in [0.3, 0.4) is 0 Å². The monoisotopic (exact) mass is 136 g/mol. The van der Waals surface area contributed by atoms with Crippen LogP contribution in [-0.2, 0) is 0 Å². The molecule has 0 nitrogen and oxygen atoms in total. The summed E-state index contributed by atoms with van der Waals surface area (Å²) in [5.41, 5.74) is 1.10. The first kappa shape index (κ1) is 7.78. The van der Waals surface area contributed by atoms with Crippen molar-refractivity contribution in [3.05, 3.63) is 0 Å². The van der Waals surface area contributed by atoms with Gasteiger partial charge in [-0.3, -0.25) is 0 Å². The van der Waals surface area contributed by atoms with Gasteiger partial charge in [0.05, 0.1) is 0 Å². The van der Waals surface area contributed by atoms with Gasteiger partial charge in [-0.15, -0.1) is 0 Å². The third kappa shape index (κ3) is 4.64. The Morgan fingerprint density at radius 3 is 2.29 bits per heavy atom. The molecule has 0 aromatic carbocycles. The van der Waals surface area contributed by atoms with E-state index in [9.17, 15) is 0 Å². The lowest BCUT2D eigenvalue weighted by Gasteiger charge is -2.03. The molecule has 0 spiro atoms. The van der Waals surface area contributed by atoms with Crippen LogP contribution in [0.15, 0.2) is 0 Å². The Labute approximate surface area is 52.9 Å². The second-order valence-electron chi connectivity index (χ2n) is 1.72.